The Morgan fingerprint density at radius 1 is 0.963 bits per heavy atom. The molecule has 2 aromatic carbocycles. The van der Waals surface area contributed by atoms with Gasteiger partial charge in [-0.05, 0) is 24.6 Å². The summed E-state index contributed by atoms with van der Waals surface area (Å²) in [4.78, 5) is 2.48. The van der Waals surface area contributed by atoms with E-state index in [1.165, 1.54) is 11.1 Å². The Labute approximate surface area is 168 Å². The molecule has 0 atom stereocenters. The summed E-state index contributed by atoms with van der Waals surface area (Å²) in [6.07, 6.45) is 1.87. The normalized spacial score (nSPS) is 14.9. The number of aryl methyl sites for hydroxylation is 1. The molecule has 0 N–H and O–H groups in total. The van der Waals surface area contributed by atoms with E-state index in [-0.39, 0.29) is 12.4 Å². The summed E-state index contributed by atoms with van der Waals surface area (Å²) in [6.45, 7) is 7.03. The summed E-state index contributed by atoms with van der Waals surface area (Å²) in [5.41, 5.74) is 3.63. The van der Waals surface area contributed by atoms with Crippen LogP contribution in [0.1, 0.15) is 16.7 Å². The fourth-order valence-corrected chi connectivity index (χ4v) is 3.03. The minimum absolute atomic E-state index is 0. The van der Waals surface area contributed by atoms with Gasteiger partial charge in [-0.1, -0.05) is 29.8 Å². The molecular formula is C21H28ClN3O2. The molecule has 3 rings (SSSR count). The number of piperazine rings is 1. The Kier molecular flexibility index (Phi) is 7.95. The molecule has 6 heteroatoms. The molecule has 1 saturated heterocycles. The van der Waals surface area contributed by atoms with Crippen molar-refractivity contribution in [3.05, 3.63) is 59.2 Å². The summed E-state index contributed by atoms with van der Waals surface area (Å²) in [5.74, 6) is 1.55. The van der Waals surface area contributed by atoms with Gasteiger partial charge in [0.1, 0.15) is 11.5 Å². The molecule has 0 radical (unpaired) electrons. The van der Waals surface area contributed by atoms with Crippen molar-refractivity contribution in [1.29, 1.82) is 0 Å². The molecule has 5 nitrogen and oxygen atoms in total. The lowest BCUT2D eigenvalue weighted by Gasteiger charge is -2.33. The number of ether oxygens (including phenoxy) is 2. The lowest BCUT2D eigenvalue weighted by Crippen LogP contribution is -2.43. The van der Waals surface area contributed by atoms with Crippen LogP contribution in [0.3, 0.4) is 0 Å². The number of halogens is 1. The zero-order valence-electron chi connectivity index (χ0n) is 16.2. The maximum atomic E-state index is 5.42. The minimum atomic E-state index is 0. The fourth-order valence-electron chi connectivity index (χ4n) is 3.03. The highest BCUT2D eigenvalue weighted by atomic mass is 35.5. The van der Waals surface area contributed by atoms with Crippen LogP contribution in [-0.4, -0.2) is 56.5 Å². The van der Waals surface area contributed by atoms with Crippen molar-refractivity contribution in [3.8, 4) is 11.5 Å². The molecule has 1 aliphatic rings. The van der Waals surface area contributed by atoms with Crippen molar-refractivity contribution in [2.45, 2.75) is 13.5 Å². The van der Waals surface area contributed by atoms with Gasteiger partial charge in [0.25, 0.3) is 0 Å². The van der Waals surface area contributed by atoms with E-state index in [4.69, 9.17) is 9.47 Å². The Morgan fingerprint density at radius 2 is 1.67 bits per heavy atom. The summed E-state index contributed by atoms with van der Waals surface area (Å²) >= 11 is 0. The van der Waals surface area contributed by atoms with Crippen molar-refractivity contribution in [3.63, 3.8) is 0 Å². The van der Waals surface area contributed by atoms with Gasteiger partial charge in [0.2, 0.25) is 0 Å². The van der Waals surface area contributed by atoms with Crippen molar-refractivity contribution in [2.75, 3.05) is 40.4 Å². The summed E-state index contributed by atoms with van der Waals surface area (Å²) in [5, 5.41) is 6.75. The first-order valence-corrected chi connectivity index (χ1v) is 8.97. The van der Waals surface area contributed by atoms with E-state index >= 15 is 0 Å². The van der Waals surface area contributed by atoms with E-state index in [9.17, 15) is 0 Å². The second-order valence-electron chi connectivity index (χ2n) is 6.57. The first-order chi connectivity index (χ1) is 12.7. The van der Waals surface area contributed by atoms with Crippen molar-refractivity contribution in [1.82, 2.24) is 9.91 Å². The zero-order valence-corrected chi connectivity index (χ0v) is 17.0. The van der Waals surface area contributed by atoms with Crippen molar-refractivity contribution in [2.24, 2.45) is 5.10 Å². The number of methoxy groups -OCH3 is 2. The fraction of sp³-hybridized carbons (Fsp3) is 0.381. The highest BCUT2D eigenvalue weighted by Gasteiger charge is 2.15. The van der Waals surface area contributed by atoms with Gasteiger partial charge in [-0.15, -0.1) is 12.4 Å². The smallest absolute Gasteiger partial charge is 0.131 e. The van der Waals surface area contributed by atoms with E-state index in [1.807, 2.05) is 24.4 Å². The molecule has 146 valence electrons. The number of benzene rings is 2. The predicted octanol–water partition coefficient (Wildman–Crippen LogP) is 3.59. The molecular weight excluding hydrogens is 362 g/mol. The SMILES string of the molecule is COc1ccc(/C=N/N2CCN(Cc3ccc(C)cc3)CC2)c(OC)c1.Cl. The molecule has 0 aromatic heterocycles. The van der Waals surface area contributed by atoms with Gasteiger partial charge in [-0.2, -0.15) is 5.10 Å². The Morgan fingerprint density at radius 3 is 2.30 bits per heavy atom. The van der Waals surface area contributed by atoms with Crippen LogP contribution >= 0.6 is 12.4 Å². The van der Waals surface area contributed by atoms with Crippen LogP contribution in [0.2, 0.25) is 0 Å². The highest BCUT2D eigenvalue weighted by Crippen LogP contribution is 2.23. The number of nitrogens with zero attached hydrogens (tertiary/aromatic N) is 3. The van der Waals surface area contributed by atoms with Gasteiger partial charge in [0, 0.05) is 44.4 Å². The lowest BCUT2D eigenvalue weighted by molar-refractivity contribution is 0.131. The Balaban J connectivity index is 0.00000261. The van der Waals surface area contributed by atoms with E-state index in [2.05, 4.69) is 46.2 Å². The average Bonchev–Trinajstić information content (AvgIpc) is 2.69. The zero-order chi connectivity index (χ0) is 18.4. The maximum Gasteiger partial charge on any atom is 0.131 e. The summed E-state index contributed by atoms with van der Waals surface area (Å²) in [7, 11) is 3.31. The van der Waals surface area contributed by atoms with Crippen LogP contribution in [0.5, 0.6) is 11.5 Å². The summed E-state index contributed by atoms with van der Waals surface area (Å²) in [6, 6.07) is 14.6. The van der Waals surface area contributed by atoms with Crippen LogP contribution in [0.4, 0.5) is 0 Å². The number of hydrogen-bond donors (Lipinski definition) is 0. The third-order valence-corrected chi connectivity index (χ3v) is 4.68. The third-order valence-electron chi connectivity index (χ3n) is 4.68. The van der Waals surface area contributed by atoms with Gasteiger partial charge in [-0.3, -0.25) is 9.91 Å². The second-order valence-corrected chi connectivity index (χ2v) is 6.57. The van der Waals surface area contributed by atoms with Crippen molar-refractivity contribution >= 4 is 18.6 Å². The van der Waals surface area contributed by atoms with Gasteiger partial charge in [0.15, 0.2) is 0 Å². The van der Waals surface area contributed by atoms with E-state index in [0.29, 0.717) is 0 Å². The van der Waals surface area contributed by atoms with E-state index in [1.54, 1.807) is 14.2 Å². The van der Waals surface area contributed by atoms with Gasteiger partial charge < -0.3 is 9.47 Å². The lowest BCUT2D eigenvalue weighted by atomic mass is 10.1. The number of hydrazone groups is 1. The van der Waals surface area contributed by atoms with Crippen LogP contribution in [0.25, 0.3) is 0 Å². The van der Waals surface area contributed by atoms with E-state index < -0.39 is 0 Å². The largest absolute Gasteiger partial charge is 0.497 e. The van der Waals surface area contributed by atoms with Crippen LogP contribution in [0.15, 0.2) is 47.6 Å². The van der Waals surface area contributed by atoms with Gasteiger partial charge in [0.05, 0.1) is 20.4 Å². The average molecular weight is 390 g/mol. The predicted molar refractivity (Wildman–Crippen MR) is 112 cm³/mol. The maximum absolute atomic E-state index is 5.42. The number of hydrogen-bond acceptors (Lipinski definition) is 5. The standard InChI is InChI=1S/C21H27N3O2.ClH/c1-17-4-6-18(7-5-17)16-23-10-12-24(13-11-23)22-15-19-8-9-20(25-2)14-21(19)26-3;/h4-9,14-15H,10-13,16H2,1-3H3;1H/b22-15+;. The van der Waals surface area contributed by atoms with Crippen LogP contribution in [0, 0.1) is 6.92 Å². The molecule has 2 aromatic rings. The first-order valence-electron chi connectivity index (χ1n) is 8.97. The molecule has 0 saturated carbocycles. The molecule has 0 amide bonds. The van der Waals surface area contributed by atoms with Crippen molar-refractivity contribution < 1.29 is 9.47 Å². The molecule has 0 unspecified atom stereocenters. The van der Waals surface area contributed by atoms with Crippen LogP contribution < -0.4 is 9.47 Å². The molecule has 1 aliphatic heterocycles. The number of rotatable bonds is 6. The topological polar surface area (TPSA) is 37.3 Å². The minimum Gasteiger partial charge on any atom is -0.497 e. The molecule has 27 heavy (non-hydrogen) atoms. The first kappa shape index (κ1) is 21.1. The monoisotopic (exact) mass is 389 g/mol. The molecule has 0 spiro atoms. The highest BCUT2D eigenvalue weighted by molar-refractivity contribution is 5.85. The summed E-state index contributed by atoms with van der Waals surface area (Å²) < 4.78 is 10.7. The van der Waals surface area contributed by atoms with E-state index in [0.717, 1.165) is 49.8 Å². The van der Waals surface area contributed by atoms with Crippen LogP contribution in [-0.2, 0) is 6.54 Å². The molecule has 1 fully saturated rings. The molecule has 0 bridgehead atoms. The third kappa shape index (κ3) is 5.88. The Bertz CT molecular complexity index is 742. The quantitative estimate of drug-likeness (QED) is 0.707. The van der Waals surface area contributed by atoms with Gasteiger partial charge >= 0.3 is 0 Å². The molecule has 1 heterocycles. The second kappa shape index (κ2) is 10.2. The molecule has 0 aliphatic carbocycles. The van der Waals surface area contributed by atoms with Gasteiger partial charge in [-0.25, -0.2) is 0 Å². The Hall–Kier alpha value is -2.24.